The molecule has 0 aliphatic rings. The van der Waals surface area contributed by atoms with Crippen LogP contribution in [0.15, 0.2) is 30.6 Å². The Kier molecular flexibility index (Phi) is 3.67. The summed E-state index contributed by atoms with van der Waals surface area (Å²) in [5, 5.41) is 0.471. The minimum absolute atomic E-state index is 0.328. The van der Waals surface area contributed by atoms with Crippen molar-refractivity contribution < 1.29 is 9.53 Å². The quantitative estimate of drug-likeness (QED) is 0.632. The molecule has 2 aromatic heterocycles. The zero-order valence-electron chi connectivity index (χ0n) is 10.2. The Hall–Kier alpha value is -1.81. The van der Waals surface area contributed by atoms with Gasteiger partial charge in [-0.25, -0.2) is 9.78 Å². The van der Waals surface area contributed by atoms with Crippen LogP contribution in [-0.2, 0) is 11.3 Å². The lowest BCUT2D eigenvalue weighted by molar-refractivity contribution is 0.0600. The van der Waals surface area contributed by atoms with Crippen molar-refractivity contribution in [3.63, 3.8) is 0 Å². The number of hydrogen-bond donors (Lipinski definition) is 0. The molecule has 0 fully saturated rings. The third kappa shape index (κ3) is 2.71. The molecule has 0 amide bonds. The number of esters is 1. The topological polar surface area (TPSA) is 44.1 Å². The summed E-state index contributed by atoms with van der Waals surface area (Å²) in [4.78, 5) is 15.4. The van der Waals surface area contributed by atoms with E-state index in [9.17, 15) is 4.79 Å². The van der Waals surface area contributed by atoms with E-state index in [2.05, 4.69) is 9.72 Å². The molecule has 0 radical (unpaired) electrons. The summed E-state index contributed by atoms with van der Waals surface area (Å²) >= 11 is 5.73. The minimum Gasteiger partial charge on any atom is -0.465 e. The molecular formula is C13H13ClN2O2. The van der Waals surface area contributed by atoms with Crippen LogP contribution in [-0.4, -0.2) is 22.6 Å². The summed E-state index contributed by atoms with van der Waals surface area (Å²) in [7, 11) is 1.37. The average molecular weight is 265 g/mol. The molecule has 0 aliphatic heterocycles. The van der Waals surface area contributed by atoms with Crippen LogP contribution >= 0.6 is 11.6 Å². The van der Waals surface area contributed by atoms with Gasteiger partial charge in [-0.1, -0.05) is 17.7 Å². The molecule has 5 heteroatoms. The number of methoxy groups -OCH3 is 1. The fourth-order valence-corrected chi connectivity index (χ4v) is 1.82. The normalized spacial score (nSPS) is 10.4. The third-order valence-corrected chi connectivity index (χ3v) is 2.90. The van der Waals surface area contributed by atoms with Crippen molar-refractivity contribution in [3.05, 3.63) is 52.6 Å². The summed E-state index contributed by atoms with van der Waals surface area (Å²) in [5.41, 5.74) is 2.57. The number of aryl methyl sites for hydroxylation is 1. The predicted octanol–water partition coefficient (Wildman–Crippen LogP) is 2.68. The molecule has 0 spiro atoms. The molecule has 0 bridgehead atoms. The molecule has 2 rings (SSSR count). The van der Waals surface area contributed by atoms with Crippen molar-refractivity contribution in [2.75, 3.05) is 7.11 Å². The van der Waals surface area contributed by atoms with E-state index >= 15 is 0 Å². The number of halogens is 1. The van der Waals surface area contributed by atoms with Gasteiger partial charge in [-0.3, -0.25) is 0 Å². The molecule has 2 heterocycles. The van der Waals surface area contributed by atoms with Crippen molar-refractivity contribution >= 4 is 17.6 Å². The molecule has 4 nitrogen and oxygen atoms in total. The minimum atomic E-state index is -0.328. The molecule has 0 N–H and O–H groups in total. The van der Waals surface area contributed by atoms with E-state index in [4.69, 9.17) is 11.6 Å². The van der Waals surface area contributed by atoms with Gasteiger partial charge in [0.2, 0.25) is 0 Å². The zero-order valence-corrected chi connectivity index (χ0v) is 10.9. The Balaban J connectivity index is 2.21. The first-order chi connectivity index (χ1) is 8.60. The fourth-order valence-electron chi connectivity index (χ4n) is 1.71. The zero-order chi connectivity index (χ0) is 13.1. The van der Waals surface area contributed by atoms with Crippen LogP contribution in [0.4, 0.5) is 0 Å². The summed E-state index contributed by atoms with van der Waals surface area (Å²) in [6, 6.07) is 5.46. The van der Waals surface area contributed by atoms with E-state index < -0.39 is 0 Å². The largest absolute Gasteiger partial charge is 0.465 e. The van der Waals surface area contributed by atoms with Crippen LogP contribution in [0, 0.1) is 6.92 Å². The lowest BCUT2D eigenvalue weighted by Crippen LogP contribution is -2.02. The first-order valence-corrected chi connectivity index (χ1v) is 5.83. The molecule has 0 atom stereocenters. The van der Waals surface area contributed by atoms with Gasteiger partial charge in [-0.05, 0) is 24.6 Å². The van der Waals surface area contributed by atoms with Gasteiger partial charge in [0.1, 0.15) is 5.15 Å². The van der Waals surface area contributed by atoms with E-state index in [0.29, 0.717) is 17.3 Å². The number of ether oxygens (including phenoxy) is 1. The smallest absolute Gasteiger partial charge is 0.339 e. The van der Waals surface area contributed by atoms with E-state index in [1.165, 1.54) is 7.11 Å². The first-order valence-electron chi connectivity index (χ1n) is 5.45. The number of rotatable bonds is 3. The highest BCUT2D eigenvalue weighted by Crippen LogP contribution is 2.13. The van der Waals surface area contributed by atoms with Gasteiger partial charge < -0.3 is 9.30 Å². The van der Waals surface area contributed by atoms with Gasteiger partial charge >= 0.3 is 5.97 Å². The van der Waals surface area contributed by atoms with Gasteiger partial charge in [0.25, 0.3) is 0 Å². The maximum Gasteiger partial charge on any atom is 0.339 e. The molecule has 0 saturated heterocycles. The van der Waals surface area contributed by atoms with Crippen LogP contribution in [0.1, 0.15) is 21.6 Å². The third-order valence-electron chi connectivity index (χ3n) is 2.68. The number of carbonyl (C=O) groups is 1. The second-order valence-corrected chi connectivity index (χ2v) is 4.37. The van der Waals surface area contributed by atoms with Crippen molar-refractivity contribution in [2.45, 2.75) is 13.5 Å². The van der Waals surface area contributed by atoms with E-state index in [1.54, 1.807) is 24.5 Å². The Morgan fingerprint density at radius 3 is 2.89 bits per heavy atom. The van der Waals surface area contributed by atoms with Crippen molar-refractivity contribution in [1.82, 2.24) is 9.55 Å². The average Bonchev–Trinajstić information content (AvgIpc) is 2.73. The van der Waals surface area contributed by atoms with Gasteiger partial charge in [0.05, 0.1) is 12.7 Å². The van der Waals surface area contributed by atoms with Gasteiger partial charge in [-0.15, -0.1) is 0 Å². The van der Waals surface area contributed by atoms with Crippen LogP contribution in [0.3, 0.4) is 0 Å². The van der Waals surface area contributed by atoms with Crippen molar-refractivity contribution in [1.29, 1.82) is 0 Å². The Labute approximate surface area is 110 Å². The monoisotopic (exact) mass is 264 g/mol. The first kappa shape index (κ1) is 12.6. The maximum atomic E-state index is 11.4. The number of aromatic nitrogens is 2. The van der Waals surface area contributed by atoms with E-state index in [0.717, 1.165) is 11.3 Å². The highest BCUT2D eigenvalue weighted by atomic mass is 35.5. The Bertz CT molecular complexity index is 561. The summed E-state index contributed by atoms with van der Waals surface area (Å²) in [5.74, 6) is -0.328. The molecule has 0 saturated carbocycles. The standard InChI is InChI=1S/C13H13ClN2O2/c1-9-5-11(13(17)18-2)8-16(9)7-10-3-4-12(14)15-6-10/h3-6,8H,7H2,1-2H3. The summed E-state index contributed by atoms with van der Waals surface area (Å²) < 4.78 is 6.66. The van der Waals surface area contributed by atoms with Crippen LogP contribution < -0.4 is 0 Å². The molecule has 2 aromatic rings. The van der Waals surface area contributed by atoms with E-state index in [-0.39, 0.29) is 5.97 Å². The van der Waals surface area contributed by atoms with Crippen LogP contribution in [0.5, 0.6) is 0 Å². The lowest BCUT2D eigenvalue weighted by Gasteiger charge is -2.05. The molecule has 0 aromatic carbocycles. The summed E-state index contributed by atoms with van der Waals surface area (Å²) in [6.45, 7) is 2.59. The van der Waals surface area contributed by atoms with Crippen molar-refractivity contribution in [2.24, 2.45) is 0 Å². The Morgan fingerprint density at radius 1 is 1.50 bits per heavy atom. The SMILES string of the molecule is COC(=O)c1cc(C)n(Cc2ccc(Cl)nc2)c1. The highest BCUT2D eigenvalue weighted by molar-refractivity contribution is 6.29. The second-order valence-electron chi connectivity index (χ2n) is 3.98. The lowest BCUT2D eigenvalue weighted by atomic mass is 10.3. The van der Waals surface area contributed by atoms with Gasteiger partial charge in [-0.2, -0.15) is 0 Å². The molecule has 18 heavy (non-hydrogen) atoms. The summed E-state index contributed by atoms with van der Waals surface area (Å²) in [6.07, 6.45) is 3.50. The number of hydrogen-bond acceptors (Lipinski definition) is 3. The number of carbonyl (C=O) groups excluding carboxylic acids is 1. The predicted molar refractivity (Wildman–Crippen MR) is 68.9 cm³/mol. The second kappa shape index (κ2) is 5.23. The highest BCUT2D eigenvalue weighted by Gasteiger charge is 2.10. The van der Waals surface area contributed by atoms with Crippen LogP contribution in [0.2, 0.25) is 5.15 Å². The Morgan fingerprint density at radius 2 is 2.28 bits per heavy atom. The fraction of sp³-hybridized carbons (Fsp3) is 0.231. The van der Waals surface area contributed by atoms with E-state index in [1.807, 2.05) is 17.6 Å². The number of nitrogens with zero attached hydrogens (tertiary/aromatic N) is 2. The van der Waals surface area contributed by atoms with Gasteiger partial charge in [0, 0.05) is 24.6 Å². The number of pyridine rings is 1. The van der Waals surface area contributed by atoms with Gasteiger partial charge in [0.15, 0.2) is 0 Å². The van der Waals surface area contributed by atoms with Crippen molar-refractivity contribution in [3.8, 4) is 0 Å². The molecule has 0 unspecified atom stereocenters. The molecular weight excluding hydrogens is 252 g/mol. The van der Waals surface area contributed by atoms with Crippen LogP contribution in [0.25, 0.3) is 0 Å². The maximum absolute atomic E-state index is 11.4. The molecule has 0 aliphatic carbocycles. The molecule has 94 valence electrons.